The van der Waals surface area contributed by atoms with Gasteiger partial charge in [0.05, 0.1) is 11.3 Å². The average Bonchev–Trinajstić information content (AvgIpc) is 2.66. The number of nitrogens with two attached hydrogens (primary N) is 1. The Morgan fingerprint density at radius 1 is 1.26 bits per heavy atom. The van der Waals surface area contributed by atoms with Crippen molar-refractivity contribution in [2.24, 2.45) is 0 Å². The van der Waals surface area contributed by atoms with Gasteiger partial charge >= 0.3 is 6.18 Å². The molecule has 1 unspecified atom stereocenters. The molecule has 2 rings (SSSR count). The van der Waals surface area contributed by atoms with Gasteiger partial charge in [-0.1, -0.05) is 25.1 Å². The first-order chi connectivity index (χ1) is 8.80. The van der Waals surface area contributed by atoms with E-state index in [1.165, 1.54) is 23.5 Å². The monoisotopic (exact) mass is 286 g/mol. The van der Waals surface area contributed by atoms with Crippen LogP contribution in [0.3, 0.4) is 0 Å². The number of nitrogens with zero attached hydrogens (tertiary/aromatic N) is 1. The number of rotatable bonds is 2. The third-order valence-electron chi connectivity index (χ3n) is 2.97. The number of nitrogen functional groups attached to an aromatic ring is 1. The van der Waals surface area contributed by atoms with Gasteiger partial charge in [0.25, 0.3) is 0 Å². The van der Waals surface area contributed by atoms with Crippen LogP contribution in [0.1, 0.15) is 34.5 Å². The second-order valence-electron chi connectivity index (χ2n) is 4.31. The lowest BCUT2D eigenvalue weighted by Gasteiger charge is -2.17. The molecule has 0 aliphatic rings. The highest BCUT2D eigenvalue weighted by atomic mass is 32.1. The van der Waals surface area contributed by atoms with Gasteiger partial charge in [0.2, 0.25) is 0 Å². The van der Waals surface area contributed by atoms with Gasteiger partial charge in [-0.3, -0.25) is 0 Å². The summed E-state index contributed by atoms with van der Waals surface area (Å²) >= 11 is 1.24. The number of thiazole rings is 1. The molecule has 1 aromatic carbocycles. The van der Waals surface area contributed by atoms with E-state index in [0.717, 1.165) is 10.9 Å². The van der Waals surface area contributed by atoms with Crippen LogP contribution in [0.25, 0.3) is 0 Å². The van der Waals surface area contributed by atoms with Crippen LogP contribution in [0, 0.1) is 6.92 Å². The zero-order valence-electron chi connectivity index (χ0n) is 10.5. The van der Waals surface area contributed by atoms with E-state index in [9.17, 15) is 13.2 Å². The molecule has 0 amide bonds. The van der Waals surface area contributed by atoms with Gasteiger partial charge in [-0.25, -0.2) is 4.98 Å². The zero-order valence-corrected chi connectivity index (χ0v) is 11.3. The van der Waals surface area contributed by atoms with E-state index < -0.39 is 11.7 Å². The molecule has 6 heteroatoms. The Bertz CT molecular complexity index is 590. The average molecular weight is 286 g/mol. The number of alkyl halides is 3. The maximum Gasteiger partial charge on any atom is 0.416 e. The van der Waals surface area contributed by atoms with Crippen LogP contribution in [-0.2, 0) is 6.18 Å². The largest absolute Gasteiger partial charge is 0.416 e. The lowest BCUT2D eigenvalue weighted by Crippen LogP contribution is -2.11. The molecule has 0 bridgehead atoms. The van der Waals surface area contributed by atoms with Crippen LogP contribution in [0.5, 0.6) is 0 Å². The second kappa shape index (κ2) is 4.85. The van der Waals surface area contributed by atoms with E-state index in [1.807, 2.05) is 0 Å². The third kappa shape index (κ3) is 2.73. The normalized spacial score (nSPS) is 13.5. The fraction of sp³-hybridized carbons (Fsp3) is 0.308. The topological polar surface area (TPSA) is 38.9 Å². The number of anilines is 1. The van der Waals surface area contributed by atoms with E-state index in [4.69, 9.17) is 5.73 Å². The van der Waals surface area contributed by atoms with Crippen molar-refractivity contribution < 1.29 is 13.2 Å². The van der Waals surface area contributed by atoms with Crippen molar-refractivity contribution in [2.75, 3.05) is 5.73 Å². The first-order valence-corrected chi connectivity index (χ1v) is 6.51. The summed E-state index contributed by atoms with van der Waals surface area (Å²) in [4.78, 5) is 4.84. The minimum atomic E-state index is -4.35. The Hall–Kier alpha value is -1.56. The number of aryl methyl sites for hydroxylation is 1. The molecule has 2 aromatic rings. The van der Waals surface area contributed by atoms with Crippen molar-refractivity contribution in [3.8, 4) is 0 Å². The zero-order chi connectivity index (χ0) is 14.2. The van der Waals surface area contributed by atoms with Gasteiger partial charge in [0.15, 0.2) is 5.13 Å². The fourth-order valence-corrected chi connectivity index (χ4v) is 3.01. The van der Waals surface area contributed by atoms with Crippen molar-refractivity contribution in [3.63, 3.8) is 0 Å². The van der Waals surface area contributed by atoms with E-state index in [-0.39, 0.29) is 11.5 Å². The standard InChI is InChI=1S/C13H13F3N2S/c1-7(11-8(2)18-12(17)19-11)9-5-3-4-6-10(9)13(14,15)16/h3-7H,1-2H3,(H2,17,18). The lowest BCUT2D eigenvalue weighted by atomic mass is 9.93. The molecule has 19 heavy (non-hydrogen) atoms. The van der Waals surface area contributed by atoms with Crippen molar-refractivity contribution in [1.29, 1.82) is 0 Å². The van der Waals surface area contributed by atoms with Crippen LogP contribution in [0.15, 0.2) is 24.3 Å². The highest BCUT2D eigenvalue weighted by Gasteiger charge is 2.34. The quantitative estimate of drug-likeness (QED) is 0.898. The molecule has 0 aliphatic carbocycles. The summed E-state index contributed by atoms with van der Waals surface area (Å²) in [5.41, 5.74) is 5.94. The molecule has 0 saturated heterocycles. The first-order valence-electron chi connectivity index (χ1n) is 5.69. The predicted octanol–water partition coefficient (Wildman–Crippen LogP) is 4.20. The van der Waals surface area contributed by atoms with Crippen LogP contribution in [0.2, 0.25) is 0 Å². The number of halogens is 3. The summed E-state index contributed by atoms with van der Waals surface area (Å²) in [5.74, 6) is -0.382. The highest BCUT2D eigenvalue weighted by Crippen LogP contribution is 2.39. The molecule has 1 atom stereocenters. The predicted molar refractivity (Wildman–Crippen MR) is 70.2 cm³/mol. The molecular formula is C13H13F3N2S. The molecule has 0 saturated carbocycles. The van der Waals surface area contributed by atoms with Gasteiger partial charge in [0, 0.05) is 10.8 Å². The number of benzene rings is 1. The van der Waals surface area contributed by atoms with Gasteiger partial charge in [-0.15, -0.1) is 11.3 Å². The Labute approximate surface area is 113 Å². The molecule has 1 heterocycles. The van der Waals surface area contributed by atoms with Crippen LogP contribution < -0.4 is 5.73 Å². The Balaban J connectivity index is 2.50. The summed E-state index contributed by atoms with van der Waals surface area (Å²) < 4.78 is 39.0. The minimum Gasteiger partial charge on any atom is -0.375 e. The number of hydrogen-bond acceptors (Lipinski definition) is 3. The molecule has 0 aliphatic heterocycles. The van der Waals surface area contributed by atoms with Gasteiger partial charge < -0.3 is 5.73 Å². The summed E-state index contributed by atoms with van der Waals surface area (Å²) in [6.07, 6.45) is -4.35. The molecule has 102 valence electrons. The van der Waals surface area contributed by atoms with Crippen molar-refractivity contribution >= 4 is 16.5 Å². The number of aromatic nitrogens is 1. The van der Waals surface area contributed by atoms with E-state index in [1.54, 1.807) is 19.9 Å². The Morgan fingerprint density at radius 2 is 1.89 bits per heavy atom. The fourth-order valence-electron chi connectivity index (χ4n) is 2.11. The maximum absolute atomic E-state index is 13.0. The van der Waals surface area contributed by atoms with E-state index >= 15 is 0 Å². The molecule has 1 aromatic heterocycles. The van der Waals surface area contributed by atoms with Crippen LogP contribution in [-0.4, -0.2) is 4.98 Å². The van der Waals surface area contributed by atoms with Crippen LogP contribution >= 0.6 is 11.3 Å². The smallest absolute Gasteiger partial charge is 0.375 e. The van der Waals surface area contributed by atoms with Crippen molar-refractivity contribution in [2.45, 2.75) is 25.9 Å². The number of hydrogen-bond donors (Lipinski definition) is 1. The van der Waals surface area contributed by atoms with Gasteiger partial charge in [0.1, 0.15) is 0 Å². The summed E-state index contributed by atoms with van der Waals surface area (Å²) in [5, 5.41) is 0.379. The van der Waals surface area contributed by atoms with Crippen LogP contribution in [0.4, 0.5) is 18.3 Å². The minimum absolute atomic E-state index is 0.252. The molecule has 0 radical (unpaired) electrons. The summed E-state index contributed by atoms with van der Waals surface area (Å²) in [6.45, 7) is 3.50. The van der Waals surface area contributed by atoms with Crippen molar-refractivity contribution in [3.05, 3.63) is 46.0 Å². The summed E-state index contributed by atoms with van der Waals surface area (Å²) in [6, 6.07) is 5.61. The first kappa shape index (κ1) is 13.9. The molecule has 2 N–H and O–H groups in total. The molecule has 0 fully saturated rings. The highest BCUT2D eigenvalue weighted by molar-refractivity contribution is 7.15. The van der Waals surface area contributed by atoms with Crippen molar-refractivity contribution in [1.82, 2.24) is 4.98 Å². The van der Waals surface area contributed by atoms with Gasteiger partial charge in [-0.05, 0) is 18.6 Å². The molecule has 0 spiro atoms. The second-order valence-corrected chi connectivity index (χ2v) is 5.37. The van der Waals surface area contributed by atoms with E-state index in [2.05, 4.69) is 4.98 Å². The van der Waals surface area contributed by atoms with E-state index in [0.29, 0.717) is 10.8 Å². The molecular weight excluding hydrogens is 273 g/mol. The Kier molecular flexibility index (Phi) is 3.54. The summed E-state index contributed by atoms with van der Waals surface area (Å²) in [7, 11) is 0. The maximum atomic E-state index is 13.0. The lowest BCUT2D eigenvalue weighted by molar-refractivity contribution is -0.138. The SMILES string of the molecule is Cc1nc(N)sc1C(C)c1ccccc1C(F)(F)F. The Morgan fingerprint density at radius 3 is 2.42 bits per heavy atom. The van der Waals surface area contributed by atoms with Gasteiger partial charge in [-0.2, -0.15) is 13.2 Å². The molecule has 2 nitrogen and oxygen atoms in total. The third-order valence-corrected chi connectivity index (χ3v) is 4.14.